The predicted octanol–water partition coefficient (Wildman–Crippen LogP) is 1.49. The summed E-state index contributed by atoms with van der Waals surface area (Å²) < 4.78 is 0. The number of aromatic nitrogens is 1. The third kappa shape index (κ3) is 2.20. The number of hydrogen-bond donors (Lipinski definition) is 1. The fourth-order valence-corrected chi connectivity index (χ4v) is 2.98. The minimum Gasteiger partial charge on any atom is -0.340 e. The van der Waals surface area contributed by atoms with E-state index in [4.69, 9.17) is 0 Å². The molecule has 1 aromatic heterocycles. The first kappa shape index (κ1) is 14.0. The lowest BCUT2D eigenvalue weighted by molar-refractivity contribution is -0.162. The van der Waals surface area contributed by atoms with Crippen molar-refractivity contribution in [1.29, 1.82) is 0 Å². The van der Waals surface area contributed by atoms with Crippen molar-refractivity contribution in [3.8, 4) is 0 Å². The number of amides is 2. The molecule has 0 bridgehead atoms. The summed E-state index contributed by atoms with van der Waals surface area (Å²) in [7, 11) is 0. The molecule has 2 fully saturated rings. The van der Waals surface area contributed by atoms with Crippen LogP contribution in [0.5, 0.6) is 0 Å². The Morgan fingerprint density at radius 1 is 1.24 bits per heavy atom. The van der Waals surface area contributed by atoms with Gasteiger partial charge in [-0.05, 0) is 57.2 Å². The van der Waals surface area contributed by atoms with Gasteiger partial charge in [-0.1, -0.05) is 0 Å². The first-order valence-corrected chi connectivity index (χ1v) is 7.39. The molecule has 1 aliphatic carbocycles. The summed E-state index contributed by atoms with van der Waals surface area (Å²) in [6, 6.07) is 3.76. The van der Waals surface area contributed by atoms with E-state index in [0.29, 0.717) is 6.54 Å². The molecule has 2 aliphatic rings. The molecule has 1 unspecified atom stereocenters. The molecule has 1 aromatic rings. The van der Waals surface area contributed by atoms with Crippen LogP contribution < -0.4 is 5.32 Å². The van der Waals surface area contributed by atoms with Crippen LogP contribution in [-0.2, 0) is 16.1 Å². The first-order chi connectivity index (χ1) is 9.85. The second-order valence-electron chi connectivity index (χ2n) is 6.74. The van der Waals surface area contributed by atoms with Crippen LogP contribution in [0.2, 0.25) is 0 Å². The van der Waals surface area contributed by atoms with Gasteiger partial charge >= 0.3 is 0 Å². The lowest BCUT2D eigenvalue weighted by Gasteiger charge is -2.49. The summed E-state index contributed by atoms with van der Waals surface area (Å²) in [5.74, 6) is 0.210. The number of nitrogens with one attached hydrogen (secondary N) is 1. The SMILES string of the molecule is CC1(C2CC2)NC(=O)C(C)(C)N(Cc2ccncc2)C1=O. The fourth-order valence-electron chi connectivity index (χ4n) is 2.98. The highest BCUT2D eigenvalue weighted by Gasteiger charge is 2.57. The molecule has 1 saturated heterocycles. The zero-order chi connectivity index (χ0) is 15.3. The number of carbonyl (C=O) groups excluding carboxylic acids is 2. The molecule has 1 atom stereocenters. The van der Waals surface area contributed by atoms with Crippen molar-refractivity contribution in [1.82, 2.24) is 15.2 Å². The molecular formula is C16H21N3O2. The van der Waals surface area contributed by atoms with E-state index in [2.05, 4.69) is 10.3 Å². The highest BCUT2D eigenvalue weighted by atomic mass is 16.2. The first-order valence-electron chi connectivity index (χ1n) is 7.39. The lowest BCUT2D eigenvalue weighted by atomic mass is 9.85. The molecule has 3 rings (SSSR count). The molecule has 1 N–H and O–H groups in total. The molecule has 0 spiro atoms. The van der Waals surface area contributed by atoms with Crippen LogP contribution in [0.25, 0.3) is 0 Å². The molecule has 0 radical (unpaired) electrons. The molecule has 1 saturated carbocycles. The van der Waals surface area contributed by atoms with E-state index in [-0.39, 0.29) is 17.7 Å². The average molecular weight is 287 g/mol. The van der Waals surface area contributed by atoms with E-state index in [0.717, 1.165) is 18.4 Å². The quantitative estimate of drug-likeness (QED) is 0.916. The molecule has 0 aromatic carbocycles. The van der Waals surface area contributed by atoms with Crippen molar-refractivity contribution in [2.24, 2.45) is 5.92 Å². The smallest absolute Gasteiger partial charge is 0.249 e. The summed E-state index contributed by atoms with van der Waals surface area (Å²) in [5.41, 5.74) is -0.603. The molecule has 21 heavy (non-hydrogen) atoms. The highest BCUT2D eigenvalue weighted by Crippen LogP contribution is 2.43. The van der Waals surface area contributed by atoms with Gasteiger partial charge in [0.2, 0.25) is 11.8 Å². The Balaban J connectivity index is 1.94. The Morgan fingerprint density at radius 2 is 1.86 bits per heavy atom. The van der Waals surface area contributed by atoms with Crippen LogP contribution in [0.4, 0.5) is 0 Å². The van der Waals surface area contributed by atoms with Crippen LogP contribution in [-0.4, -0.2) is 32.8 Å². The number of piperazine rings is 1. The van der Waals surface area contributed by atoms with Gasteiger partial charge in [-0.15, -0.1) is 0 Å². The summed E-state index contributed by atoms with van der Waals surface area (Å²) in [6.45, 7) is 5.89. The van der Waals surface area contributed by atoms with Crippen LogP contribution in [0, 0.1) is 5.92 Å². The second kappa shape index (κ2) is 4.55. The molecule has 2 heterocycles. The molecule has 5 heteroatoms. The summed E-state index contributed by atoms with van der Waals surface area (Å²) in [6.07, 6.45) is 5.42. The maximum Gasteiger partial charge on any atom is 0.249 e. The number of carbonyl (C=O) groups is 2. The third-order valence-electron chi connectivity index (χ3n) is 4.78. The zero-order valence-corrected chi connectivity index (χ0v) is 12.7. The molecule has 5 nitrogen and oxygen atoms in total. The molecular weight excluding hydrogens is 266 g/mol. The fraction of sp³-hybridized carbons (Fsp3) is 0.562. The van der Waals surface area contributed by atoms with Gasteiger partial charge in [-0.3, -0.25) is 14.6 Å². The largest absolute Gasteiger partial charge is 0.340 e. The van der Waals surface area contributed by atoms with Gasteiger partial charge in [0.05, 0.1) is 0 Å². The normalized spacial score (nSPS) is 28.4. The van der Waals surface area contributed by atoms with Crippen LogP contribution in [0.15, 0.2) is 24.5 Å². The summed E-state index contributed by atoms with van der Waals surface area (Å²) >= 11 is 0. The lowest BCUT2D eigenvalue weighted by Crippen LogP contribution is -2.73. The standard InChI is InChI=1S/C16H21N3O2/c1-15(2)13(20)18-16(3,12-4-5-12)14(21)19(15)10-11-6-8-17-9-7-11/h6-9,12H,4-5,10H2,1-3H3,(H,18,20). The van der Waals surface area contributed by atoms with E-state index in [1.165, 1.54) is 0 Å². The van der Waals surface area contributed by atoms with Crippen LogP contribution in [0.1, 0.15) is 39.2 Å². The van der Waals surface area contributed by atoms with Crippen molar-refractivity contribution in [3.63, 3.8) is 0 Å². The number of pyridine rings is 1. The van der Waals surface area contributed by atoms with Gasteiger partial charge in [-0.2, -0.15) is 0 Å². The Kier molecular flexibility index (Phi) is 3.04. The van der Waals surface area contributed by atoms with Gasteiger partial charge in [-0.25, -0.2) is 0 Å². The van der Waals surface area contributed by atoms with Crippen molar-refractivity contribution in [3.05, 3.63) is 30.1 Å². The topological polar surface area (TPSA) is 62.3 Å². The number of rotatable bonds is 3. The van der Waals surface area contributed by atoms with Crippen molar-refractivity contribution in [2.45, 2.75) is 51.2 Å². The Labute approximate surface area is 124 Å². The Bertz CT molecular complexity index is 580. The van der Waals surface area contributed by atoms with Crippen molar-refractivity contribution in [2.75, 3.05) is 0 Å². The van der Waals surface area contributed by atoms with Crippen molar-refractivity contribution < 1.29 is 9.59 Å². The Morgan fingerprint density at radius 3 is 2.43 bits per heavy atom. The van der Waals surface area contributed by atoms with Crippen LogP contribution in [0.3, 0.4) is 0 Å². The second-order valence-corrected chi connectivity index (χ2v) is 6.74. The van der Waals surface area contributed by atoms with E-state index >= 15 is 0 Å². The summed E-state index contributed by atoms with van der Waals surface area (Å²) in [4.78, 5) is 31.2. The van der Waals surface area contributed by atoms with E-state index in [9.17, 15) is 9.59 Å². The minimum absolute atomic E-state index is 0.0198. The number of nitrogens with zero attached hydrogens (tertiary/aromatic N) is 2. The van der Waals surface area contributed by atoms with E-state index in [1.54, 1.807) is 31.1 Å². The van der Waals surface area contributed by atoms with E-state index in [1.807, 2.05) is 19.1 Å². The van der Waals surface area contributed by atoms with Gasteiger partial charge in [0.1, 0.15) is 11.1 Å². The van der Waals surface area contributed by atoms with E-state index < -0.39 is 11.1 Å². The maximum absolute atomic E-state index is 13.0. The molecule has 112 valence electrons. The summed E-state index contributed by atoms with van der Waals surface area (Å²) in [5, 5.41) is 2.97. The number of hydrogen-bond acceptors (Lipinski definition) is 3. The molecule has 2 amide bonds. The average Bonchev–Trinajstić information content (AvgIpc) is 3.28. The predicted molar refractivity (Wildman–Crippen MR) is 78.1 cm³/mol. The highest BCUT2D eigenvalue weighted by molar-refractivity contribution is 6.02. The van der Waals surface area contributed by atoms with Crippen molar-refractivity contribution >= 4 is 11.8 Å². The zero-order valence-electron chi connectivity index (χ0n) is 12.7. The Hall–Kier alpha value is -1.91. The van der Waals surface area contributed by atoms with Gasteiger partial charge in [0.15, 0.2) is 0 Å². The van der Waals surface area contributed by atoms with Gasteiger partial charge in [0.25, 0.3) is 0 Å². The minimum atomic E-state index is -0.839. The molecule has 1 aliphatic heterocycles. The monoisotopic (exact) mass is 287 g/mol. The van der Waals surface area contributed by atoms with Crippen LogP contribution >= 0.6 is 0 Å². The van der Waals surface area contributed by atoms with Gasteiger partial charge in [0, 0.05) is 18.9 Å². The van der Waals surface area contributed by atoms with Gasteiger partial charge < -0.3 is 10.2 Å². The maximum atomic E-state index is 13.0. The third-order valence-corrected chi connectivity index (χ3v) is 4.78.